The fourth-order valence-corrected chi connectivity index (χ4v) is 2.97. The van der Waals surface area contributed by atoms with E-state index in [1.54, 1.807) is 6.21 Å². The second-order valence-electron chi connectivity index (χ2n) is 6.59. The first-order chi connectivity index (χ1) is 14.8. The summed E-state index contributed by atoms with van der Waals surface area (Å²) < 4.78 is 1.81. The zero-order chi connectivity index (χ0) is 20.6. The minimum absolute atomic E-state index is 0.135. The molecule has 0 aliphatic heterocycles. The number of carbonyl (C=O) groups excluding carboxylic acids is 1. The first-order valence-electron chi connectivity index (χ1n) is 9.61. The summed E-state index contributed by atoms with van der Waals surface area (Å²) in [7, 11) is 0. The number of rotatable bonds is 7. The molecule has 1 heterocycles. The van der Waals surface area contributed by atoms with Crippen molar-refractivity contribution >= 4 is 17.8 Å². The van der Waals surface area contributed by atoms with E-state index in [0.29, 0.717) is 0 Å². The maximum absolute atomic E-state index is 12.1. The largest absolute Gasteiger partial charge is 0.376 e. The monoisotopic (exact) mass is 395 g/mol. The molecule has 0 saturated heterocycles. The van der Waals surface area contributed by atoms with Crippen molar-refractivity contribution in [1.82, 2.24) is 15.2 Å². The van der Waals surface area contributed by atoms with E-state index in [1.807, 2.05) is 102 Å². The Hall–Kier alpha value is -4.19. The molecule has 0 atom stereocenters. The SMILES string of the molecule is O=C(CNc1ccccc1)N/N=C\c1cn(-c2ccccc2)nc1-c1ccccc1. The van der Waals surface area contributed by atoms with Gasteiger partial charge < -0.3 is 5.32 Å². The first kappa shape index (κ1) is 19.1. The molecule has 0 aliphatic rings. The molecule has 0 saturated carbocycles. The molecule has 0 spiro atoms. The molecule has 0 aliphatic carbocycles. The number of carbonyl (C=O) groups is 1. The second-order valence-corrected chi connectivity index (χ2v) is 6.59. The van der Waals surface area contributed by atoms with Crippen molar-refractivity contribution in [2.45, 2.75) is 0 Å². The van der Waals surface area contributed by atoms with Crippen LogP contribution in [-0.4, -0.2) is 28.4 Å². The van der Waals surface area contributed by atoms with Crippen molar-refractivity contribution in [2.75, 3.05) is 11.9 Å². The highest BCUT2D eigenvalue weighted by Crippen LogP contribution is 2.22. The van der Waals surface area contributed by atoms with Crippen LogP contribution in [0.1, 0.15) is 5.56 Å². The van der Waals surface area contributed by atoms with E-state index in [1.165, 1.54) is 0 Å². The van der Waals surface area contributed by atoms with Gasteiger partial charge in [-0.3, -0.25) is 4.79 Å². The van der Waals surface area contributed by atoms with E-state index < -0.39 is 0 Å². The van der Waals surface area contributed by atoms with Crippen molar-refractivity contribution in [1.29, 1.82) is 0 Å². The van der Waals surface area contributed by atoms with Crippen LogP contribution in [0.3, 0.4) is 0 Å². The first-order valence-corrected chi connectivity index (χ1v) is 9.61. The Labute approximate surface area is 174 Å². The van der Waals surface area contributed by atoms with E-state index >= 15 is 0 Å². The second kappa shape index (κ2) is 9.34. The lowest BCUT2D eigenvalue weighted by molar-refractivity contribution is -0.119. The van der Waals surface area contributed by atoms with Gasteiger partial charge in [0.15, 0.2) is 0 Å². The van der Waals surface area contributed by atoms with E-state index in [2.05, 4.69) is 15.8 Å². The van der Waals surface area contributed by atoms with E-state index in [9.17, 15) is 4.79 Å². The molecule has 4 rings (SSSR count). The van der Waals surface area contributed by atoms with Crippen molar-refractivity contribution in [3.63, 3.8) is 0 Å². The molecule has 1 amide bonds. The lowest BCUT2D eigenvalue weighted by atomic mass is 10.1. The van der Waals surface area contributed by atoms with Crippen LogP contribution in [-0.2, 0) is 4.79 Å². The minimum atomic E-state index is -0.230. The predicted molar refractivity (Wildman–Crippen MR) is 120 cm³/mol. The normalized spacial score (nSPS) is 10.8. The summed E-state index contributed by atoms with van der Waals surface area (Å²) in [5.74, 6) is -0.230. The van der Waals surface area contributed by atoms with Crippen LogP contribution in [0.2, 0.25) is 0 Å². The standard InChI is InChI=1S/C24H21N5O/c30-23(17-25-21-12-6-2-7-13-21)27-26-16-20-18-29(22-14-8-3-9-15-22)28-24(20)19-10-4-1-5-11-19/h1-16,18,25H,17H2,(H,27,30)/b26-16-. The number of benzene rings is 3. The van der Waals surface area contributed by atoms with Crippen LogP contribution in [0.5, 0.6) is 0 Å². The zero-order valence-electron chi connectivity index (χ0n) is 16.3. The molecule has 0 radical (unpaired) electrons. The van der Waals surface area contributed by atoms with Crippen LogP contribution in [0.4, 0.5) is 5.69 Å². The Balaban J connectivity index is 1.49. The maximum Gasteiger partial charge on any atom is 0.259 e. The van der Waals surface area contributed by atoms with E-state index in [-0.39, 0.29) is 12.5 Å². The molecule has 6 heteroatoms. The number of para-hydroxylation sites is 2. The van der Waals surface area contributed by atoms with Crippen LogP contribution < -0.4 is 10.7 Å². The lowest BCUT2D eigenvalue weighted by Gasteiger charge is -2.04. The number of nitrogens with one attached hydrogen (secondary N) is 2. The number of hydrazone groups is 1. The molecule has 0 unspecified atom stereocenters. The van der Waals surface area contributed by atoms with Gasteiger partial charge in [-0.15, -0.1) is 0 Å². The Bertz CT molecular complexity index is 1120. The topological polar surface area (TPSA) is 71.3 Å². The molecular weight excluding hydrogens is 374 g/mol. The Kier molecular flexibility index (Phi) is 5.96. The van der Waals surface area contributed by atoms with Gasteiger partial charge in [0.05, 0.1) is 18.4 Å². The predicted octanol–water partition coefficient (Wildman–Crippen LogP) is 4.10. The van der Waals surface area contributed by atoms with Crippen LogP contribution >= 0.6 is 0 Å². The van der Waals surface area contributed by atoms with Gasteiger partial charge >= 0.3 is 0 Å². The van der Waals surface area contributed by atoms with Crippen LogP contribution in [0, 0.1) is 0 Å². The summed E-state index contributed by atoms with van der Waals surface area (Å²) >= 11 is 0. The van der Waals surface area contributed by atoms with Gasteiger partial charge in [0.2, 0.25) is 0 Å². The van der Waals surface area contributed by atoms with Crippen molar-refractivity contribution in [3.8, 4) is 16.9 Å². The van der Waals surface area contributed by atoms with Crippen molar-refractivity contribution in [2.24, 2.45) is 5.10 Å². The van der Waals surface area contributed by atoms with Gasteiger partial charge in [-0.05, 0) is 24.3 Å². The van der Waals surface area contributed by atoms with Gasteiger partial charge in [0.25, 0.3) is 5.91 Å². The highest BCUT2D eigenvalue weighted by molar-refractivity contribution is 5.90. The number of hydrogen-bond donors (Lipinski definition) is 2. The summed E-state index contributed by atoms with van der Waals surface area (Å²) in [6, 6.07) is 29.3. The number of hydrogen-bond acceptors (Lipinski definition) is 4. The number of aromatic nitrogens is 2. The van der Waals surface area contributed by atoms with E-state index in [0.717, 1.165) is 28.2 Å². The molecule has 148 valence electrons. The molecule has 1 aromatic heterocycles. The van der Waals surface area contributed by atoms with Crippen LogP contribution in [0.15, 0.2) is 102 Å². The minimum Gasteiger partial charge on any atom is -0.376 e. The average Bonchev–Trinajstić information content (AvgIpc) is 3.24. The number of anilines is 1. The number of amides is 1. The summed E-state index contributed by atoms with van der Waals surface area (Å²) in [4.78, 5) is 12.1. The quantitative estimate of drug-likeness (QED) is 0.366. The molecule has 4 aromatic rings. The summed E-state index contributed by atoms with van der Waals surface area (Å²) in [6.07, 6.45) is 3.52. The highest BCUT2D eigenvalue weighted by Gasteiger charge is 2.11. The Morgan fingerprint density at radius 2 is 1.53 bits per heavy atom. The van der Waals surface area contributed by atoms with Gasteiger partial charge in [-0.25, -0.2) is 10.1 Å². The highest BCUT2D eigenvalue weighted by atomic mass is 16.2. The summed E-state index contributed by atoms with van der Waals surface area (Å²) in [5, 5.41) is 11.9. The molecule has 6 nitrogen and oxygen atoms in total. The third-order valence-corrected chi connectivity index (χ3v) is 4.43. The summed E-state index contributed by atoms with van der Waals surface area (Å²) in [6.45, 7) is 0.135. The average molecular weight is 395 g/mol. The Morgan fingerprint density at radius 3 is 2.23 bits per heavy atom. The third kappa shape index (κ3) is 4.80. The lowest BCUT2D eigenvalue weighted by Crippen LogP contribution is -2.25. The molecule has 0 bridgehead atoms. The van der Waals surface area contributed by atoms with Crippen molar-refractivity contribution < 1.29 is 4.79 Å². The summed E-state index contributed by atoms with van der Waals surface area (Å²) in [5.41, 5.74) is 6.97. The van der Waals surface area contributed by atoms with Crippen LogP contribution in [0.25, 0.3) is 16.9 Å². The van der Waals surface area contributed by atoms with E-state index in [4.69, 9.17) is 5.10 Å². The molecule has 0 fully saturated rings. The molecule has 2 N–H and O–H groups in total. The van der Waals surface area contributed by atoms with Crippen molar-refractivity contribution in [3.05, 3.63) is 103 Å². The van der Waals surface area contributed by atoms with Gasteiger partial charge in [-0.2, -0.15) is 10.2 Å². The fraction of sp³-hybridized carbons (Fsp3) is 0.0417. The number of nitrogens with zero attached hydrogens (tertiary/aromatic N) is 3. The maximum atomic E-state index is 12.1. The zero-order valence-corrected chi connectivity index (χ0v) is 16.3. The molecule has 30 heavy (non-hydrogen) atoms. The fourth-order valence-electron chi connectivity index (χ4n) is 2.97. The van der Waals surface area contributed by atoms with Gasteiger partial charge in [0, 0.05) is 23.0 Å². The van der Waals surface area contributed by atoms with Gasteiger partial charge in [0.1, 0.15) is 5.69 Å². The third-order valence-electron chi connectivity index (χ3n) is 4.43. The molecule has 3 aromatic carbocycles. The van der Waals surface area contributed by atoms with Gasteiger partial charge in [-0.1, -0.05) is 66.7 Å². The Morgan fingerprint density at radius 1 is 0.900 bits per heavy atom. The smallest absolute Gasteiger partial charge is 0.259 e. The molecular formula is C24H21N5O.